The van der Waals surface area contributed by atoms with E-state index < -0.39 is 17.1 Å². The first-order chi connectivity index (χ1) is 18.3. The molecule has 2 aromatic carbocycles. The number of fused-ring (bicyclic) bond motifs is 2. The summed E-state index contributed by atoms with van der Waals surface area (Å²) in [6.45, 7) is 3.32. The highest BCUT2D eigenvalue weighted by atomic mass is 79.9. The Kier molecular flexibility index (Phi) is 6.82. The van der Waals surface area contributed by atoms with Crippen LogP contribution < -0.4 is 9.77 Å². The second-order valence-electron chi connectivity index (χ2n) is 10.0. The van der Waals surface area contributed by atoms with Crippen molar-refractivity contribution in [3.8, 4) is 0 Å². The number of imide groups is 1. The Morgan fingerprint density at radius 1 is 1.00 bits per heavy atom. The number of piperidine rings is 1. The van der Waals surface area contributed by atoms with Crippen LogP contribution in [-0.4, -0.2) is 45.5 Å². The number of likely N-dealkylation sites (tertiary alicyclic amines) is 1. The number of carbonyl (C=O) groups excluding carboxylic acids is 3. The first kappa shape index (κ1) is 25.6. The number of carbonyl (C=O) groups is 3. The van der Waals surface area contributed by atoms with Gasteiger partial charge in [-0.2, -0.15) is 0 Å². The summed E-state index contributed by atoms with van der Waals surface area (Å²) in [7, 11) is 0. The van der Waals surface area contributed by atoms with Gasteiger partial charge in [0.2, 0.25) is 17.7 Å². The number of benzene rings is 2. The molecule has 6 rings (SSSR count). The second-order valence-corrected chi connectivity index (χ2v) is 13.0. The van der Waals surface area contributed by atoms with Gasteiger partial charge in [0.1, 0.15) is 11.8 Å². The Balaban J connectivity index is 1.44. The van der Waals surface area contributed by atoms with E-state index >= 15 is 0 Å². The van der Waals surface area contributed by atoms with Crippen LogP contribution in [0.1, 0.15) is 41.2 Å². The number of thiazole rings is 1. The number of amides is 3. The summed E-state index contributed by atoms with van der Waals surface area (Å²) in [4.78, 5) is 57.8. The zero-order chi connectivity index (χ0) is 26.6. The molecule has 4 heterocycles. The average Bonchev–Trinajstić information content (AvgIpc) is 3.36. The van der Waals surface area contributed by atoms with Gasteiger partial charge in [-0.25, -0.2) is 4.90 Å². The zero-order valence-corrected chi connectivity index (χ0v) is 24.0. The molecule has 3 aromatic rings. The summed E-state index contributed by atoms with van der Waals surface area (Å²) < 4.78 is 2.38. The molecule has 2 fully saturated rings. The molecule has 3 aliphatic heterocycles. The van der Waals surface area contributed by atoms with E-state index in [0.29, 0.717) is 23.8 Å². The van der Waals surface area contributed by atoms with Gasteiger partial charge >= 0.3 is 4.87 Å². The highest BCUT2D eigenvalue weighted by Gasteiger charge is 2.56. The fraction of sp³-hybridized carbons (Fsp3) is 0.357. The van der Waals surface area contributed by atoms with E-state index in [1.807, 2.05) is 48.2 Å². The first-order valence-electron chi connectivity index (χ1n) is 12.7. The largest absolute Gasteiger partial charge is 0.341 e. The van der Waals surface area contributed by atoms with Crippen LogP contribution in [0.4, 0.5) is 5.69 Å². The number of hydrogen-bond donors (Lipinski definition) is 0. The Labute approximate surface area is 236 Å². The quantitative estimate of drug-likeness (QED) is 0.396. The van der Waals surface area contributed by atoms with Crippen molar-refractivity contribution < 1.29 is 14.4 Å². The standard InChI is InChI=1S/C28H26BrN3O4S2/c1-16-8-10-19(11-9-16)32-25(34)22-21(17-6-5-7-18(29)14-17)24-27(37-23(22)26(32)35)31(28(36)38-24)15-20(33)30-12-3-2-4-13-30/h5-11,14,21-23H,2-4,12-13,15H2,1H3. The summed E-state index contributed by atoms with van der Waals surface area (Å²) in [5.74, 6) is -1.75. The monoisotopic (exact) mass is 611 g/mol. The molecule has 0 N–H and O–H groups in total. The van der Waals surface area contributed by atoms with Crippen molar-refractivity contribution in [3.05, 3.63) is 78.7 Å². The fourth-order valence-electron chi connectivity index (χ4n) is 5.64. The van der Waals surface area contributed by atoms with E-state index in [-0.39, 0.29) is 29.1 Å². The normalized spacial score (nSPS) is 22.9. The molecular formula is C28H26BrN3O4S2. The van der Waals surface area contributed by atoms with Crippen LogP contribution in [0.3, 0.4) is 0 Å². The van der Waals surface area contributed by atoms with Gasteiger partial charge in [0, 0.05) is 28.4 Å². The molecule has 3 aliphatic rings. The smallest absolute Gasteiger partial charge is 0.308 e. The molecule has 0 radical (unpaired) electrons. The third-order valence-electron chi connectivity index (χ3n) is 7.55. The molecule has 0 spiro atoms. The van der Waals surface area contributed by atoms with Crippen LogP contribution in [0.15, 0.2) is 62.8 Å². The van der Waals surface area contributed by atoms with Gasteiger partial charge in [-0.3, -0.25) is 23.7 Å². The lowest BCUT2D eigenvalue weighted by Gasteiger charge is -2.31. The Bertz CT molecular complexity index is 1490. The minimum atomic E-state index is -0.689. The predicted molar refractivity (Wildman–Crippen MR) is 152 cm³/mol. The van der Waals surface area contributed by atoms with Crippen molar-refractivity contribution >= 4 is 62.4 Å². The van der Waals surface area contributed by atoms with Crippen LogP contribution in [0, 0.1) is 12.8 Å². The minimum absolute atomic E-state index is 0.0515. The van der Waals surface area contributed by atoms with E-state index in [2.05, 4.69) is 15.9 Å². The van der Waals surface area contributed by atoms with E-state index in [1.54, 1.807) is 12.1 Å². The maximum atomic E-state index is 13.9. The molecule has 1 aromatic heterocycles. The van der Waals surface area contributed by atoms with Crippen molar-refractivity contribution in [1.82, 2.24) is 9.47 Å². The number of halogens is 1. The summed E-state index contributed by atoms with van der Waals surface area (Å²) in [6.07, 6.45) is 3.05. The molecule has 2 saturated heterocycles. The molecule has 196 valence electrons. The molecule has 7 nitrogen and oxygen atoms in total. The van der Waals surface area contributed by atoms with Crippen molar-refractivity contribution in [3.63, 3.8) is 0 Å². The van der Waals surface area contributed by atoms with Gasteiger partial charge < -0.3 is 4.90 Å². The van der Waals surface area contributed by atoms with Gasteiger partial charge in [0.25, 0.3) is 0 Å². The highest BCUT2D eigenvalue weighted by Crippen LogP contribution is 2.54. The van der Waals surface area contributed by atoms with Crippen LogP contribution in [0.25, 0.3) is 0 Å². The zero-order valence-electron chi connectivity index (χ0n) is 20.8. The van der Waals surface area contributed by atoms with Crippen molar-refractivity contribution in [1.29, 1.82) is 0 Å². The number of aryl methyl sites for hydroxylation is 1. The van der Waals surface area contributed by atoms with Gasteiger partial charge in [-0.15, -0.1) is 0 Å². The molecular weight excluding hydrogens is 586 g/mol. The number of rotatable bonds is 4. The lowest BCUT2D eigenvalue weighted by Crippen LogP contribution is -2.39. The summed E-state index contributed by atoms with van der Waals surface area (Å²) in [5, 5.41) is -0.0610. The third-order valence-corrected chi connectivity index (χ3v) is 10.6. The predicted octanol–water partition coefficient (Wildman–Crippen LogP) is 4.79. The lowest BCUT2D eigenvalue weighted by atomic mass is 9.83. The lowest BCUT2D eigenvalue weighted by molar-refractivity contribution is -0.133. The first-order valence-corrected chi connectivity index (χ1v) is 15.2. The van der Waals surface area contributed by atoms with E-state index in [0.717, 1.165) is 51.1 Å². The maximum Gasteiger partial charge on any atom is 0.308 e. The molecule has 3 amide bonds. The van der Waals surface area contributed by atoms with Crippen molar-refractivity contribution in [2.24, 2.45) is 5.92 Å². The molecule has 3 atom stereocenters. The molecule has 38 heavy (non-hydrogen) atoms. The highest BCUT2D eigenvalue weighted by molar-refractivity contribution is 9.10. The van der Waals surface area contributed by atoms with Crippen molar-refractivity contribution in [2.75, 3.05) is 18.0 Å². The topological polar surface area (TPSA) is 79.7 Å². The van der Waals surface area contributed by atoms with Crippen LogP contribution in [0.5, 0.6) is 0 Å². The number of anilines is 1. The number of hydrogen-bond acceptors (Lipinski definition) is 6. The SMILES string of the molecule is Cc1ccc(N2C(=O)C3Sc4c(sc(=O)n4CC(=O)N4CCCCC4)C(c4cccc(Br)c4)C3C2=O)cc1. The van der Waals surface area contributed by atoms with E-state index in [4.69, 9.17) is 0 Å². The van der Waals surface area contributed by atoms with Crippen LogP contribution in [0.2, 0.25) is 0 Å². The van der Waals surface area contributed by atoms with E-state index in [9.17, 15) is 19.2 Å². The number of aromatic nitrogens is 1. The van der Waals surface area contributed by atoms with Gasteiger partial charge in [0.05, 0.1) is 16.6 Å². The molecule has 3 unspecified atom stereocenters. The average molecular weight is 613 g/mol. The molecule has 0 saturated carbocycles. The van der Waals surface area contributed by atoms with Gasteiger partial charge in [0.15, 0.2) is 0 Å². The molecule has 0 bridgehead atoms. The second kappa shape index (κ2) is 10.1. The summed E-state index contributed by atoms with van der Waals surface area (Å²) >= 11 is 5.88. The molecule has 10 heteroatoms. The Morgan fingerprint density at radius 3 is 2.45 bits per heavy atom. The summed E-state index contributed by atoms with van der Waals surface area (Å²) in [5.41, 5.74) is 2.45. The Hall–Kier alpha value is -2.69. The fourth-order valence-corrected chi connectivity index (χ4v) is 8.83. The van der Waals surface area contributed by atoms with Crippen LogP contribution >= 0.6 is 39.0 Å². The van der Waals surface area contributed by atoms with Gasteiger partial charge in [-0.1, -0.05) is 68.9 Å². The summed E-state index contributed by atoms with van der Waals surface area (Å²) in [6, 6.07) is 15.1. The van der Waals surface area contributed by atoms with E-state index in [1.165, 1.54) is 21.2 Å². The molecule has 0 aliphatic carbocycles. The van der Waals surface area contributed by atoms with Gasteiger partial charge in [-0.05, 0) is 56.0 Å². The maximum absolute atomic E-state index is 13.9. The Morgan fingerprint density at radius 2 is 1.74 bits per heavy atom. The minimum Gasteiger partial charge on any atom is -0.341 e. The third kappa shape index (κ3) is 4.36. The van der Waals surface area contributed by atoms with Crippen LogP contribution in [-0.2, 0) is 20.9 Å². The number of nitrogens with zero attached hydrogens (tertiary/aromatic N) is 3. The van der Waals surface area contributed by atoms with Crippen molar-refractivity contribution in [2.45, 2.75) is 48.9 Å². The number of thioether (sulfide) groups is 1.